The molecular weight excluding hydrogens is 410 g/mol. The fourth-order valence-electron chi connectivity index (χ4n) is 4.44. The summed E-state index contributed by atoms with van der Waals surface area (Å²) in [6, 6.07) is 13.1. The van der Waals surface area contributed by atoms with Crippen molar-refractivity contribution in [1.82, 2.24) is 14.9 Å². The van der Waals surface area contributed by atoms with Gasteiger partial charge in [0.1, 0.15) is 11.6 Å². The minimum absolute atomic E-state index is 0.0685. The van der Waals surface area contributed by atoms with Gasteiger partial charge in [0.25, 0.3) is 5.91 Å². The van der Waals surface area contributed by atoms with Crippen molar-refractivity contribution in [2.45, 2.75) is 25.7 Å². The van der Waals surface area contributed by atoms with Crippen LogP contribution in [0.2, 0.25) is 0 Å². The number of hydrogen-bond donors (Lipinski definition) is 0. The highest BCUT2D eigenvalue weighted by atomic mass is 19.1. The lowest BCUT2D eigenvalue weighted by Gasteiger charge is -2.41. The van der Waals surface area contributed by atoms with Crippen molar-refractivity contribution in [2.75, 3.05) is 13.1 Å². The number of benzene rings is 1. The molecule has 1 aliphatic rings. The Labute approximate surface area is 185 Å². The standard InChI is InChI=1S/C25H22F2N4O/c1-17(22-20(26)5-2-6-21(22)27)25(16-28)9-14-31(15-10-25)24(32)19-4-3-11-30-23(19)18-7-12-29-13-8-18/h2-8,11-13,17H,9-10,14-15H2,1H3/t17-/m0/s1. The molecule has 1 atom stereocenters. The van der Waals surface area contributed by atoms with E-state index in [2.05, 4.69) is 16.0 Å². The first kappa shape index (κ1) is 21.6. The van der Waals surface area contributed by atoms with Crippen molar-refractivity contribution in [3.05, 3.63) is 83.8 Å². The summed E-state index contributed by atoms with van der Waals surface area (Å²) in [5.41, 5.74) is 0.801. The van der Waals surface area contributed by atoms with Crippen molar-refractivity contribution in [2.24, 2.45) is 5.41 Å². The van der Waals surface area contributed by atoms with E-state index in [4.69, 9.17) is 0 Å². The molecule has 3 heterocycles. The van der Waals surface area contributed by atoms with Crippen LogP contribution in [0.25, 0.3) is 11.3 Å². The zero-order valence-corrected chi connectivity index (χ0v) is 17.6. The summed E-state index contributed by atoms with van der Waals surface area (Å²) >= 11 is 0. The number of piperidine rings is 1. The van der Waals surface area contributed by atoms with E-state index in [1.807, 2.05) is 0 Å². The average molecular weight is 432 g/mol. The van der Waals surface area contributed by atoms with Gasteiger partial charge in [0, 0.05) is 48.7 Å². The second kappa shape index (κ2) is 8.83. The Hall–Kier alpha value is -3.66. The molecule has 0 N–H and O–H groups in total. The number of nitrogens with zero attached hydrogens (tertiary/aromatic N) is 4. The number of pyridine rings is 2. The summed E-state index contributed by atoms with van der Waals surface area (Å²) in [5, 5.41) is 9.98. The van der Waals surface area contributed by atoms with Crippen LogP contribution in [-0.4, -0.2) is 33.9 Å². The molecule has 1 aliphatic heterocycles. The van der Waals surface area contributed by atoms with E-state index in [1.165, 1.54) is 18.2 Å². The van der Waals surface area contributed by atoms with Gasteiger partial charge in [-0.05, 0) is 49.2 Å². The van der Waals surface area contributed by atoms with Gasteiger partial charge in [0.15, 0.2) is 0 Å². The number of amides is 1. The number of hydrogen-bond acceptors (Lipinski definition) is 4. The first-order valence-electron chi connectivity index (χ1n) is 10.5. The van der Waals surface area contributed by atoms with E-state index in [9.17, 15) is 18.8 Å². The number of nitriles is 1. The third kappa shape index (κ3) is 3.84. The molecule has 0 spiro atoms. The van der Waals surface area contributed by atoms with Gasteiger partial charge in [-0.1, -0.05) is 13.0 Å². The first-order chi connectivity index (χ1) is 15.5. The minimum Gasteiger partial charge on any atom is -0.338 e. The molecule has 7 heteroatoms. The molecule has 0 bridgehead atoms. The molecule has 0 radical (unpaired) electrons. The number of carbonyl (C=O) groups is 1. The van der Waals surface area contributed by atoms with E-state index < -0.39 is 23.0 Å². The third-order valence-corrected chi connectivity index (χ3v) is 6.42. The fraction of sp³-hybridized carbons (Fsp3) is 0.280. The van der Waals surface area contributed by atoms with Gasteiger partial charge in [0.05, 0.1) is 22.7 Å². The summed E-state index contributed by atoms with van der Waals surface area (Å²) in [6.07, 6.45) is 5.57. The highest BCUT2D eigenvalue weighted by Gasteiger charge is 2.43. The van der Waals surface area contributed by atoms with Crippen LogP contribution in [0, 0.1) is 28.4 Å². The first-order valence-corrected chi connectivity index (χ1v) is 10.5. The summed E-state index contributed by atoms with van der Waals surface area (Å²) in [6.45, 7) is 2.32. The van der Waals surface area contributed by atoms with Crippen LogP contribution < -0.4 is 0 Å². The number of halogens is 2. The van der Waals surface area contributed by atoms with Crippen LogP contribution in [-0.2, 0) is 0 Å². The number of likely N-dealkylation sites (tertiary alicyclic amines) is 1. The molecular formula is C25H22F2N4O. The van der Waals surface area contributed by atoms with Gasteiger partial charge in [-0.25, -0.2) is 8.78 Å². The smallest absolute Gasteiger partial charge is 0.256 e. The number of rotatable bonds is 4. The van der Waals surface area contributed by atoms with Crippen molar-refractivity contribution < 1.29 is 13.6 Å². The van der Waals surface area contributed by atoms with Crippen LogP contribution in [0.3, 0.4) is 0 Å². The van der Waals surface area contributed by atoms with Crippen LogP contribution in [0.15, 0.2) is 61.1 Å². The zero-order valence-electron chi connectivity index (χ0n) is 17.6. The fourth-order valence-corrected chi connectivity index (χ4v) is 4.44. The summed E-state index contributed by atoms with van der Waals surface area (Å²) in [5.74, 6) is -2.12. The summed E-state index contributed by atoms with van der Waals surface area (Å²) < 4.78 is 28.7. The molecule has 2 aromatic heterocycles. The van der Waals surface area contributed by atoms with Crippen molar-refractivity contribution in [3.63, 3.8) is 0 Å². The molecule has 0 saturated carbocycles. The Morgan fingerprint density at radius 2 is 1.72 bits per heavy atom. The van der Waals surface area contributed by atoms with Crippen LogP contribution in [0.1, 0.15) is 41.6 Å². The van der Waals surface area contributed by atoms with Crippen LogP contribution >= 0.6 is 0 Å². The van der Waals surface area contributed by atoms with Crippen molar-refractivity contribution in [1.29, 1.82) is 5.26 Å². The number of carbonyl (C=O) groups excluding carboxylic acids is 1. The Morgan fingerprint density at radius 1 is 1.06 bits per heavy atom. The van der Waals surface area contributed by atoms with Crippen molar-refractivity contribution in [3.8, 4) is 17.3 Å². The second-order valence-corrected chi connectivity index (χ2v) is 8.05. The second-order valence-electron chi connectivity index (χ2n) is 8.05. The molecule has 4 rings (SSSR count). The lowest BCUT2D eigenvalue weighted by molar-refractivity contribution is 0.0620. The van der Waals surface area contributed by atoms with Gasteiger partial charge in [-0.2, -0.15) is 5.26 Å². The van der Waals surface area contributed by atoms with Gasteiger partial charge >= 0.3 is 0 Å². The molecule has 32 heavy (non-hydrogen) atoms. The monoisotopic (exact) mass is 432 g/mol. The van der Waals surface area contributed by atoms with E-state index in [1.54, 1.807) is 54.7 Å². The van der Waals surface area contributed by atoms with E-state index in [0.29, 0.717) is 37.2 Å². The van der Waals surface area contributed by atoms with Gasteiger partial charge in [-0.15, -0.1) is 0 Å². The Bertz CT molecular complexity index is 1150. The molecule has 1 saturated heterocycles. The van der Waals surface area contributed by atoms with Gasteiger partial charge < -0.3 is 4.90 Å². The molecule has 5 nitrogen and oxygen atoms in total. The average Bonchev–Trinajstić information content (AvgIpc) is 2.84. The normalized spacial score (nSPS) is 16.2. The molecule has 1 amide bonds. The minimum atomic E-state index is -0.956. The lowest BCUT2D eigenvalue weighted by atomic mass is 9.67. The highest BCUT2D eigenvalue weighted by Crippen LogP contribution is 2.45. The van der Waals surface area contributed by atoms with Gasteiger partial charge in [0.2, 0.25) is 0 Å². The molecule has 3 aromatic rings. The predicted molar refractivity (Wildman–Crippen MR) is 115 cm³/mol. The number of aromatic nitrogens is 2. The molecule has 1 fully saturated rings. The van der Waals surface area contributed by atoms with E-state index in [0.717, 1.165) is 5.56 Å². The molecule has 162 valence electrons. The maximum Gasteiger partial charge on any atom is 0.256 e. The molecule has 0 aliphatic carbocycles. The Balaban J connectivity index is 1.56. The third-order valence-electron chi connectivity index (χ3n) is 6.42. The van der Waals surface area contributed by atoms with E-state index >= 15 is 0 Å². The Morgan fingerprint density at radius 3 is 2.34 bits per heavy atom. The molecule has 1 aromatic carbocycles. The van der Waals surface area contributed by atoms with E-state index in [-0.39, 0.29) is 11.5 Å². The largest absolute Gasteiger partial charge is 0.338 e. The topological polar surface area (TPSA) is 69.9 Å². The predicted octanol–water partition coefficient (Wildman–Crippen LogP) is 4.97. The van der Waals surface area contributed by atoms with Crippen LogP contribution in [0.5, 0.6) is 0 Å². The maximum absolute atomic E-state index is 14.4. The summed E-state index contributed by atoms with van der Waals surface area (Å²) in [4.78, 5) is 23.4. The maximum atomic E-state index is 14.4. The van der Waals surface area contributed by atoms with Crippen molar-refractivity contribution >= 4 is 5.91 Å². The lowest BCUT2D eigenvalue weighted by Crippen LogP contribution is -2.45. The zero-order chi connectivity index (χ0) is 22.7. The molecule has 0 unspecified atom stereocenters. The SMILES string of the molecule is C[C@@H](c1c(F)cccc1F)C1(C#N)CCN(C(=O)c2cccnc2-c2ccncc2)CC1. The van der Waals surface area contributed by atoms with Gasteiger partial charge in [-0.3, -0.25) is 14.8 Å². The summed E-state index contributed by atoms with van der Waals surface area (Å²) in [7, 11) is 0. The highest BCUT2D eigenvalue weighted by molar-refractivity contribution is 5.99. The Kier molecular flexibility index (Phi) is 5.95. The van der Waals surface area contributed by atoms with Crippen LogP contribution in [0.4, 0.5) is 8.78 Å². The quantitative estimate of drug-likeness (QED) is 0.584.